The van der Waals surface area contributed by atoms with Crippen molar-refractivity contribution in [1.82, 2.24) is 0 Å². The summed E-state index contributed by atoms with van der Waals surface area (Å²) < 4.78 is 0. The van der Waals surface area contributed by atoms with Gasteiger partial charge >= 0.3 is 0 Å². The van der Waals surface area contributed by atoms with Gasteiger partial charge in [0.05, 0.1) is 11.3 Å². The van der Waals surface area contributed by atoms with Crippen molar-refractivity contribution in [3.05, 3.63) is 23.8 Å². The first-order valence-electron chi connectivity index (χ1n) is 5.43. The molecule has 1 aromatic rings. The summed E-state index contributed by atoms with van der Waals surface area (Å²) in [6.45, 7) is 0. The molecule has 0 bridgehead atoms. The maximum atomic E-state index is 9.02. The molecule has 2 rings (SSSR count). The van der Waals surface area contributed by atoms with E-state index in [2.05, 4.69) is 11.4 Å². The summed E-state index contributed by atoms with van der Waals surface area (Å²) in [5.74, 6) is 2.38. The molecule has 1 aliphatic rings. The quantitative estimate of drug-likeness (QED) is 0.770. The highest BCUT2D eigenvalue weighted by atomic mass is 32.2. The molecule has 0 spiro atoms. The summed E-state index contributed by atoms with van der Waals surface area (Å²) in [5.41, 5.74) is 7.83. The van der Waals surface area contributed by atoms with Gasteiger partial charge in [-0.1, -0.05) is 0 Å². The number of nitrogen functional groups attached to an aromatic ring is 1. The Morgan fingerprint density at radius 1 is 1.50 bits per heavy atom. The number of hydrogen-bond acceptors (Lipinski definition) is 4. The van der Waals surface area contributed by atoms with E-state index in [4.69, 9.17) is 11.0 Å². The maximum absolute atomic E-state index is 9.02. The number of hydrogen-bond donors (Lipinski definition) is 2. The fourth-order valence-electron chi connectivity index (χ4n) is 1.85. The van der Waals surface area contributed by atoms with E-state index in [0.29, 0.717) is 17.3 Å². The van der Waals surface area contributed by atoms with Crippen molar-refractivity contribution < 1.29 is 0 Å². The molecule has 3 N–H and O–H groups in total. The summed E-state index contributed by atoms with van der Waals surface area (Å²) in [4.78, 5) is 0. The molecule has 1 aromatic carbocycles. The molecule has 0 aromatic heterocycles. The molecule has 1 aliphatic heterocycles. The highest BCUT2D eigenvalue weighted by molar-refractivity contribution is 7.99. The average molecular weight is 233 g/mol. The number of thioether (sulfide) groups is 1. The van der Waals surface area contributed by atoms with E-state index in [0.717, 1.165) is 11.4 Å². The van der Waals surface area contributed by atoms with E-state index in [9.17, 15) is 0 Å². The van der Waals surface area contributed by atoms with Crippen molar-refractivity contribution in [2.24, 2.45) is 0 Å². The molecule has 1 heterocycles. The largest absolute Gasteiger partial charge is 0.399 e. The van der Waals surface area contributed by atoms with Crippen LogP contribution in [0.5, 0.6) is 0 Å². The first kappa shape index (κ1) is 11.2. The van der Waals surface area contributed by atoms with Gasteiger partial charge in [-0.25, -0.2) is 0 Å². The zero-order valence-corrected chi connectivity index (χ0v) is 9.89. The molecular weight excluding hydrogens is 218 g/mol. The van der Waals surface area contributed by atoms with Gasteiger partial charge in [0.2, 0.25) is 0 Å². The summed E-state index contributed by atoms with van der Waals surface area (Å²) >= 11 is 1.97. The summed E-state index contributed by atoms with van der Waals surface area (Å²) in [5, 5.41) is 12.5. The third-order valence-electron chi connectivity index (χ3n) is 2.68. The van der Waals surface area contributed by atoms with E-state index in [1.54, 1.807) is 6.07 Å². The first-order valence-corrected chi connectivity index (χ1v) is 6.59. The average Bonchev–Trinajstić information content (AvgIpc) is 2.33. The van der Waals surface area contributed by atoms with E-state index in [-0.39, 0.29) is 0 Å². The fraction of sp³-hybridized carbons (Fsp3) is 0.417. The lowest BCUT2D eigenvalue weighted by Gasteiger charge is -2.24. The molecule has 1 unspecified atom stereocenters. The van der Waals surface area contributed by atoms with Crippen LogP contribution in [-0.2, 0) is 0 Å². The van der Waals surface area contributed by atoms with Crippen LogP contribution in [0.25, 0.3) is 0 Å². The van der Waals surface area contributed by atoms with Crippen LogP contribution in [0.1, 0.15) is 18.4 Å². The molecule has 0 amide bonds. The lowest BCUT2D eigenvalue weighted by atomic mass is 10.1. The molecule has 84 valence electrons. The topological polar surface area (TPSA) is 61.8 Å². The molecular formula is C12H15N3S. The predicted octanol–water partition coefficient (Wildman–Crippen LogP) is 2.45. The van der Waals surface area contributed by atoms with Crippen LogP contribution in [0.3, 0.4) is 0 Å². The van der Waals surface area contributed by atoms with E-state index in [1.165, 1.54) is 18.6 Å². The number of rotatable bonds is 2. The van der Waals surface area contributed by atoms with Crippen LogP contribution in [0.2, 0.25) is 0 Å². The molecule has 1 fully saturated rings. The molecule has 0 saturated carbocycles. The minimum atomic E-state index is 0.481. The fourth-order valence-corrected chi connectivity index (χ4v) is 2.93. The van der Waals surface area contributed by atoms with Crippen LogP contribution in [0.4, 0.5) is 11.4 Å². The van der Waals surface area contributed by atoms with Gasteiger partial charge in [-0.3, -0.25) is 0 Å². The maximum Gasteiger partial charge on any atom is 0.101 e. The van der Waals surface area contributed by atoms with Crippen molar-refractivity contribution in [3.63, 3.8) is 0 Å². The van der Waals surface area contributed by atoms with Gasteiger partial charge in [0, 0.05) is 17.5 Å². The minimum Gasteiger partial charge on any atom is -0.399 e. The second kappa shape index (κ2) is 5.13. The lowest BCUT2D eigenvalue weighted by Crippen LogP contribution is -2.26. The SMILES string of the molecule is N#Cc1cc(N)ccc1NC1CCCSC1. The van der Waals surface area contributed by atoms with Gasteiger partial charge in [0.15, 0.2) is 0 Å². The van der Waals surface area contributed by atoms with Crippen LogP contribution in [0.15, 0.2) is 18.2 Å². The number of anilines is 2. The summed E-state index contributed by atoms with van der Waals surface area (Å²) in [6, 6.07) is 8.11. The van der Waals surface area contributed by atoms with Gasteiger partial charge in [-0.05, 0) is 36.8 Å². The highest BCUT2D eigenvalue weighted by Gasteiger charge is 2.14. The number of nitrogens with two attached hydrogens (primary N) is 1. The lowest BCUT2D eigenvalue weighted by molar-refractivity contribution is 0.685. The Hall–Kier alpha value is -1.34. The Morgan fingerprint density at radius 2 is 2.38 bits per heavy atom. The Labute approximate surface area is 100 Å². The second-order valence-corrected chi connectivity index (χ2v) is 5.13. The van der Waals surface area contributed by atoms with Gasteiger partial charge in [0.1, 0.15) is 6.07 Å². The molecule has 1 saturated heterocycles. The molecule has 1 atom stereocenters. The molecule has 0 aliphatic carbocycles. The zero-order valence-electron chi connectivity index (χ0n) is 9.07. The molecule has 3 nitrogen and oxygen atoms in total. The van der Waals surface area contributed by atoms with Crippen LogP contribution >= 0.6 is 11.8 Å². The van der Waals surface area contributed by atoms with Crippen LogP contribution < -0.4 is 11.1 Å². The van der Waals surface area contributed by atoms with Crippen molar-refractivity contribution >= 4 is 23.1 Å². The normalized spacial score (nSPS) is 20.1. The summed E-state index contributed by atoms with van der Waals surface area (Å²) in [7, 11) is 0. The molecule has 0 radical (unpaired) electrons. The number of nitrogens with zero attached hydrogens (tertiary/aromatic N) is 1. The number of benzene rings is 1. The predicted molar refractivity (Wildman–Crippen MR) is 69.5 cm³/mol. The first-order chi connectivity index (χ1) is 7.79. The zero-order chi connectivity index (χ0) is 11.4. The Bertz CT molecular complexity index is 405. The van der Waals surface area contributed by atoms with E-state index in [1.807, 2.05) is 23.9 Å². The third-order valence-corrected chi connectivity index (χ3v) is 3.90. The van der Waals surface area contributed by atoms with Gasteiger partial charge in [-0.2, -0.15) is 17.0 Å². The smallest absolute Gasteiger partial charge is 0.101 e. The van der Waals surface area contributed by atoms with Crippen molar-refractivity contribution in [2.45, 2.75) is 18.9 Å². The van der Waals surface area contributed by atoms with Crippen LogP contribution in [-0.4, -0.2) is 17.5 Å². The second-order valence-electron chi connectivity index (χ2n) is 3.98. The highest BCUT2D eigenvalue weighted by Crippen LogP contribution is 2.24. The van der Waals surface area contributed by atoms with Gasteiger partial charge in [0.25, 0.3) is 0 Å². The van der Waals surface area contributed by atoms with Gasteiger partial charge < -0.3 is 11.1 Å². The van der Waals surface area contributed by atoms with Crippen LogP contribution in [0, 0.1) is 11.3 Å². The van der Waals surface area contributed by atoms with Crippen molar-refractivity contribution in [1.29, 1.82) is 5.26 Å². The van der Waals surface area contributed by atoms with Crippen molar-refractivity contribution in [2.75, 3.05) is 22.6 Å². The summed E-state index contributed by atoms with van der Waals surface area (Å²) in [6.07, 6.45) is 2.43. The standard InChI is InChI=1S/C12H15N3S/c13-7-9-6-10(14)3-4-12(9)15-11-2-1-5-16-8-11/h3-4,6,11,15H,1-2,5,8,14H2. The Balaban J connectivity index is 2.11. The third kappa shape index (κ3) is 2.61. The number of nitriles is 1. The van der Waals surface area contributed by atoms with Crippen molar-refractivity contribution in [3.8, 4) is 6.07 Å². The van der Waals surface area contributed by atoms with E-state index < -0.39 is 0 Å². The molecule has 4 heteroatoms. The molecule has 16 heavy (non-hydrogen) atoms. The Morgan fingerprint density at radius 3 is 3.06 bits per heavy atom. The Kier molecular flexibility index (Phi) is 3.58. The minimum absolute atomic E-state index is 0.481. The monoisotopic (exact) mass is 233 g/mol. The van der Waals surface area contributed by atoms with Gasteiger partial charge in [-0.15, -0.1) is 0 Å². The number of nitrogens with one attached hydrogen (secondary N) is 1. The van der Waals surface area contributed by atoms with E-state index >= 15 is 0 Å².